The van der Waals surface area contributed by atoms with Crippen molar-refractivity contribution in [3.05, 3.63) is 64.9 Å². The summed E-state index contributed by atoms with van der Waals surface area (Å²) in [6.07, 6.45) is 2.01. The number of piperazine rings is 1. The lowest BCUT2D eigenvalue weighted by Crippen LogP contribution is -3.27. The Morgan fingerprint density at radius 2 is 1.52 bits per heavy atom. The Balaban J connectivity index is 1.47. The second-order valence-corrected chi connectivity index (χ2v) is 6.30. The summed E-state index contributed by atoms with van der Waals surface area (Å²) in [6.45, 7) is 7.18. The monoisotopic (exact) mass is 304 g/mol. The van der Waals surface area contributed by atoms with Gasteiger partial charge in [0, 0.05) is 22.7 Å². The third kappa shape index (κ3) is 4.27. The van der Waals surface area contributed by atoms with Crippen molar-refractivity contribution in [3.63, 3.8) is 0 Å². The lowest BCUT2D eigenvalue weighted by atomic mass is 10.2. The van der Waals surface area contributed by atoms with Gasteiger partial charge >= 0.3 is 0 Å². The predicted molar refractivity (Wildman–Crippen MR) is 83.3 cm³/mol. The molecule has 1 aliphatic rings. The Hall–Kier alpha value is -1.42. The summed E-state index contributed by atoms with van der Waals surface area (Å²) in [6, 6.07) is 14.6. The van der Waals surface area contributed by atoms with Gasteiger partial charge in [-0.25, -0.2) is 4.98 Å². The van der Waals surface area contributed by atoms with Crippen LogP contribution in [0.3, 0.4) is 0 Å². The minimum Gasteiger partial charge on any atom is -0.322 e. The fraction of sp³-hybridized carbons (Fsp3) is 0.353. The van der Waals surface area contributed by atoms with Crippen molar-refractivity contribution in [2.24, 2.45) is 0 Å². The van der Waals surface area contributed by atoms with Gasteiger partial charge in [-0.05, 0) is 18.2 Å². The van der Waals surface area contributed by atoms with E-state index in [2.05, 4.69) is 29.2 Å². The maximum Gasteiger partial charge on any atom is 0.234 e. The smallest absolute Gasteiger partial charge is 0.234 e. The van der Waals surface area contributed by atoms with Crippen LogP contribution in [0.4, 0.5) is 0 Å². The molecule has 4 heteroatoms. The van der Waals surface area contributed by atoms with Gasteiger partial charge in [0.15, 0.2) is 12.7 Å². The average molecular weight is 305 g/mol. The summed E-state index contributed by atoms with van der Waals surface area (Å²) in [5.41, 5.74) is 2.71. The maximum absolute atomic E-state index is 5.94. The van der Waals surface area contributed by atoms with Crippen molar-refractivity contribution < 1.29 is 14.8 Å². The van der Waals surface area contributed by atoms with Crippen LogP contribution < -0.4 is 14.8 Å². The number of hydrogen-bond donors (Lipinski definition) is 2. The molecule has 0 spiro atoms. The first kappa shape index (κ1) is 14.5. The first-order chi connectivity index (χ1) is 10.3. The molecule has 2 aromatic rings. The number of rotatable bonds is 4. The summed E-state index contributed by atoms with van der Waals surface area (Å²) in [5, 5.41) is 0.821. The van der Waals surface area contributed by atoms with E-state index in [4.69, 9.17) is 11.6 Å². The van der Waals surface area contributed by atoms with Crippen LogP contribution in [-0.4, -0.2) is 26.2 Å². The van der Waals surface area contributed by atoms with Gasteiger partial charge < -0.3 is 9.80 Å². The summed E-state index contributed by atoms with van der Waals surface area (Å²) in [5.74, 6) is 0. The predicted octanol–water partition coefficient (Wildman–Crippen LogP) is -0.362. The highest BCUT2D eigenvalue weighted by atomic mass is 35.5. The minimum atomic E-state index is 0.821. The molecular formula is C17H23ClN3+3. The lowest BCUT2D eigenvalue weighted by Gasteiger charge is -2.29. The molecule has 0 aliphatic carbocycles. The van der Waals surface area contributed by atoms with E-state index in [1.165, 1.54) is 37.4 Å². The number of benzene rings is 1. The van der Waals surface area contributed by atoms with Gasteiger partial charge in [0.25, 0.3) is 0 Å². The third-order valence-electron chi connectivity index (χ3n) is 4.25. The Morgan fingerprint density at radius 3 is 2.14 bits per heavy atom. The van der Waals surface area contributed by atoms with E-state index in [-0.39, 0.29) is 0 Å². The van der Waals surface area contributed by atoms with Crippen LogP contribution in [0.5, 0.6) is 0 Å². The quantitative estimate of drug-likeness (QED) is 0.770. The van der Waals surface area contributed by atoms with E-state index < -0.39 is 0 Å². The zero-order valence-corrected chi connectivity index (χ0v) is 13.0. The molecule has 3 N–H and O–H groups in total. The molecule has 0 bridgehead atoms. The first-order valence-corrected chi connectivity index (χ1v) is 8.04. The van der Waals surface area contributed by atoms with E-state index in [9.17, 15) is 0 Å². The Kier molecular flexibility index (Phi) is 4.86. The van der Waals surface area contributed by atoms with Crippen molar-refractivity contribution in [1.82, 2.24) is 0 Å². The van der Waals surface area contributed by atoms with Crippen LogP contribution >= 0.6 is 11.6 Å². The molecule has 1 aliphatic heterocycles. The Morgan fingerprint density at radius 1 is 0.857 bits per heavy atom. The molecule has 3 nitrogen and oxygen atoms in total. The summed E-state index contributed by atoms with van der Waals surface area (Å²) >= 11 is 5.94. The van der Waals surface area contributed by atoms with Crippen LogP contribution in [0.1, 0.15) is 11.3 Å². The summed E-state index contributed by atoms with van der Waals surface area (Å²) < 4.78 is 0. The van der Waals surface area contributed by atoms with E-state index in [1.54, 1.807) is 9.80 Å². The van der Waals surface area contributed by atoms with Crippen LogP contribution in [-0.2, 0) is 13.1 Å². The number of pyridine rings is 1. The highest BCUT2D eigenvalue weighted by Crippen LogP contribution is 2.08. The largest absolute Gasteiger partial charge is 0.322 e. The van der Waals surface area contributed by atoms with Crippen molar-refractivity contribution in [2.75, 3.05) is 26.2 Å². The van der Waals surface area contributed by atoms with Gasteiger partial charge in [-0.3, -0.25) is 0 Å². The van der Waals surface area contributed by atoms with Gasteiger partial charge in [-0.1, -0.05) is 23.7 Å². The number of quaternary nitrogens is 2. The van der Waals surface area contributed by atoms with E-state index in [0.29, 0.717) is 0 Å². The van der Waals surface area contributed by atoms with Crippen molar-refractivity contribution in [3.8, 4) is 0 Å². The van der Waals surface area contributed by atoms with Crippen molar-refractivity contribution in [2.45, 2.75) is 13.1 Å². The third-order valence-corrected chi connectivity index (χ3v) is 4.50. The molecule has 1 saturated heterocycles. The number of hydrogen-bond acceptors (Lipinski definition) is 0. The number of aromatic amines is 1. The molecule has 0 radical (unpaired) electrons. The number of nitrogens with one attached hydrogen (secondary N) is 3. The molecule has 1 fully saturated rings. The fourth-order valence-electron chi connectivity index (χ4n) is 3.01. The minimum absolute atomic E-state index is 0.821. The maximum atomic E-state index is 5.94. The molecule has 0 unspecified atom stereocenters. The highest BCUT2D eigenvalue weighted by Gasteiger charge is 2.24. The van der Waals surface area contributed by atoms with Crippen LogP contribution in [0, 0.1) is 0 Å². The molecule has 2 heterocycles. The summed E-state index contributed by atoms with van der Waals surface area (Å²) in [4.78, 5) is 6.69. The number of aromatic nitrogens is 1. The lowest BCUT2D eigenvalue weighted by molar-refractivity contribution is -1.03. The van der Waals surface area contributed by atoms with Crippen molar-refractivity contribution in [1.29, 1.82) is 0 Å². The molecule has 1 aromatic heterocycles. The average Bonchev–Trinajstić information content (AvgIpc) is 2.53. The van der Waals surface area contributed by atoms with E-state index >= 15 is 0 Å². The van der Waals surface area contributed by atoms with E-state index in [1.807, 2.05) is 24.4 Å². The zero-order chi connectivity index (χ0) is 14.5. The van der Waals surface area contributed by atoms with Gasteiger partial charge in [-0.15, -0.1) is 0 Å². The molecule has 3 rings (SSSR count). The molecule has 21 heavy (non-hydrogen) atoms. The normalized spacial score (nSPS) is 22.1. The fourth-order valence-corrected chi connectivity index (χ4v) is 3.14. The molecule has 0 amide bonds. The summed E-state index contributed by atoms with van der Waals surface area (Å²) in [7, 11) is 0. The Bertz CT molecular complexity index is 548. The van der Waals surface area contributed by atoms with Gasteiger partial charge in [0.1, 0.15) is 32.7 Å². The molecule has 110 valence electrons. The van der Waals surface area contributed by atoms with Gasteiger partial charge in [0.2, 0.25) is 5.69 Å². The highest BCUT2D eigenvalue weighted by molar-refractivity contribution is 6.30. The van der Waals surface area contributed by atoms with Crippen LogP contribution in [0.2, 0.25) is 5.02 Å². The number of H-pyrrole nitrogens is 1. The SMILES string of the molecule is Clc1ccc(C[NH+]2CC[NH+](Cc3cccc[nH+]3)CC2)cc1. The van der Waals surface area contributed by atoms with Crippen molar-refractivity contribution >= 4 is 11.6 Å². The van der Waals surface area contributed by atoms with E-state index in [0.717, 1.165) is 18.1 Å². The zero-order valence-electron chi connectivity index (χ0n) is 12.2. The molecule has 1 aromatic carbocycles. The molecule has 0 atom stereocenters. The van der Waals surface area contributed by atoms with Gasteiger partial charge in [-0.2, -0.15) is 0 Å². The van der Waals surface area contributed by atoms with Crippen LogP contribution in [0.15, 0.2) is 48.7 Å². The topological polar surface area (TPSA) is 23.0 Å². The standard InChI is InChI=1S/C17H20ClN3/c18-16-6-4-15(5-7-16)13-20-9-11-21(12-10-20)14-17-3-1-2-8-19-17/h1-8H,9-14H2/p+3. The molecular weight excluding hydrogens is 282 g/mol. The second-order valence-electron chi connectivity index (χ2n) is 5.87. The first-order valence-electron chi connectivity index (χ1n) is 7.67. The second kappa shape index (κ2) is 7.03. The van der Waals surface area contributed by atoms with Crippen LogP contribution in [0.25, 0.3) is 0 Å². The Labute approximate surface area is 131 Å². The van der Waals surface area contributed by atoms with Gasteiger partial charge in [0.05, 0.1) is 0 Å². The molecule has 0 saturated carbocycles. The number of halogens is 1.